The van der Waals surface area contributed by atoms with Gasteiger partial charge in [0.2, 0.25) is 0 Å². The fraction of sp³-hybridized carbons (Fsp3) is 0.600. The second-order valence-corrected chi connectivity index (χ2v) is 5.76. The molecule has 1 aromatic rings. The third-order valence-corrected chi connectivity index (χ3v) is 4.06. The summed E-state index contributed by atoms with van der Waals surface area (Å²) in [5.41, 5.74) is 1.85. The first-order valence-electron chi connectivity index (χ1n) is 6.65. The van der Waals surface area contributed by atoms with Crippen molar-refractivity contribution in [2.45, 2.75) is 44.8 Å². The molecule has 0 bridgehead atoms. The minimum absolute atomic E-state index is 0.466. The van der Waals surface area contributed by atoms with Crippen LogP contribution in [0.2, 0.25) is 0 Å². The Morgan fingerprint density at radius 3 is 2.35 bits per heavy atom. The summed E-state index contributed by atoms with van der Waals surface area (Å²) in [5, 5.41) is 3.45. The third kappa shape index (κ3) is 2.32. The minimum Gasteiger partial charge on any atom is -0.490 e. The van der Waals surface area contributed by atoms with E-state index in [0.29, 0.717) is 17.6 Å². The van der Waals surface area contributed by atoms with Crippen molar-refractivity contribution in [1.29, 1.82) is 0 Å². The Morgan fingerprint density at radius 1 is 1.24 bits per heavy atom. The molecule has 1 unspecified atom stereocenters. The predicted molar refractivity (Wildman–Crippen MR) is 69.2 cm³/mol. The van der Waals surface area contributed by atoms with Gasteiger partial charge in [0, 0.05) is 6.04 Å². The molecule has 2 heteroatoms. The third-order valence-electron chi connectivity index (χ3n) is 4.06. The van der Waals surface area contributed by atoms with Crippen molar-refractivity contribution >= 4 is 0 Å². The molecule has 17 heavy (non-hydrogen) atoms. The first-order chi connectivity index (χ1) is 8.21. The van der Waals surface area contributed by atoms with Crippen molar-refractivity contribution in [3.8, 4) is 5.75 Å². The van der Waals surface area contributed by atoms with Gasteiger partial charge in [0.1, 0.15) is 5.75 Å². The Balaban J connectivity index is 1.73. The quantitative estimate of drug-likeness (QED) is 0.839. The van der Waals surface area contributed by atoms with Crippen LogP contribution < -0.4 is 10.1 Å². The zero-order valence-electron chi connectivity index (χ0n) is 10.7. The van der Waals surface area contributed by atoms with E-state index in [2.05, 4.69) is 43.6 Å². The molecule has 0 heterocycles. The highest BCUT2D eigenvalue weighted by atomic mass is 16.5. The molecule has 0 spiro atoms. The molecular formula is C15H21NO. The lowest BCUT2D eigenvalue weighted by Crippen LogP contribution is -2.24. The molecule has 2 nitrogen and oxygen atoms in total. The van der Waals surface area contributed by atoms with Gasteiger partial charge in [-0.3, -0.25) is 0 Å². The Morgan fingerprint density at radius 2 is 1.88 bits per heavy atom. The second kappa shape index (κ2) is 4.02. The van der Waals surface area contributed by atoms with Gasteiger partial charge in [0.15, 0.2) is 0 Å². The van der Waals surface area contributed by atoms with Crippen molar-refractivity contribution in [2.75, 3.05) is 7.05 Å². The lowest BCUT2D eigenvalue weighted by Gasteiger charge is -2.23. The average Bonchev–Trinajstić information content (AvgIpc) is 3.22. The number of hydrogen-bond acceptors (Lipinski definition) is 2. The maximum Gasteiger partial charge on any atom is 0.119 e. The standard InChI is InChI=1S/C15H21NO/c1-15(9-10-15)14(16-2)11-3-5-12(6-4-11)17-13-7-8-13/h3-6,13-14,16H,7-10H2,1-2H3. The fourth-order valence-corrected chi connectivity index (χ4v) is 2.52. The van der Waals surface area contributed by atoms with E-state index >= 15 is 0 Å². The van der Waals surface area contributed by atoms with Gasteiger partial charge in [0.25, 0.3) is 0 Å². The van der Waals surface area contributed by atoms with Gasteiger partial charge in [0.05, 0.1) is 6.10 Å². The number of ether oxygens (including phenoxy) is 1. The summed E-state index contributed by atoms with van der Waals surface area (Å²) in [5.74, 6) is 1.02. The van der Waals surface area contributed by atoms with E-state index in [1.54, 1.807) is 0 Å². The summed E-state index contributed by atoms with van der Waals surface area (Å²) in [6, 6.07) is 9.13. The van der Waals surface area contributed by atoms with Gasteiger partial charge in [-0.15, -0.1) is 0 Å². The van der Waals surface area contributed by atoms with Crippen LogP contribution in [0, 0.1) is 5.41 Å². The van der Waals surface area contributed by atoms with E-state index in [9.17, 15) is 0 Å². The van der Waals surface area contributed by atoms with Crippen molar-refractivity contribution in [2.24, 2.45) is 5.41 Å². The maximum absolute atomic E-state index is 5.77. The Bertz CT molecular complexity index is 390. The van der Waals surface area contributed by atoms with E-state index in [0.717, 1.165) is 5.75 Å². The van der Waals surface area contributed by atoms with Crippen LogP contribution in [-0.4, -0.2) is 13.2 Å². The molecule has 1 N–H and O–H groups in total. The predicted octanol–water partition coefficient (Wildman–Crippen LogP) is 3.29. The normalized spacial score (nSPS) is 23.2. The molecule has 0 radical (unpaired) electrons. The van der Waals surface area contributed by atoms with Crippen LogP contribution in [0.3, 0.4) is 0 Å². The van der Waals surface area contributed by atoms with Crippen LogP contribution in [0.25, 0.3) is 0 Å². The Kier molecular flexibility index (Phi) is 2.62. The molecule has 2 fully saturated rings. The van der Waals surface area contributed by atoms with Crippen LogP contribution in [0.4, 0.5) is 0 Å². The highest BCUT2D eigenvalue weighted by molar-refractivity contribution is 5.31. The monoisotopic (exact) mass is 231 g/mol. The lowest BCUT2D eigenvalue weighted by molar-refractivity contribution is 0.302. The minimum atomic E-state index is 0.466. The SMILES string of the molecule is CNC(c1ccc(OC2CC2)cc1)C1(C)CC1. The van der Waals surface area contributed by atoms with Gasteiger partial charge >= 0.3 is 0 Å². The van der Waals surface area contributed by atoms with E-state index in [1.165, 1.54) is 31.2 Å². The van der Waals surface area contributed by atoms with Crippen LogP contribution in [0.15, 0.2) is 24.3 Å². The molecule has 2 aliphatic carbocycles. The van der Waals surface area contributed by atoms with Crippen molar-refractivity contribution < 1.29 is 4.74 Å². The molecule has 0 saturated heterocycles. The van der Waals surface area contributed by atoms with Crippen LogP contribution >= 0.6 is 0 Å². The summed E-state index contributed by atoms with van der Waals surface area (Å²) >= 11 is 0. The van der Waals surface area contributed by atoms with Gasteiger partial charge in [-0.2, -0.15) is 0 Å². The van der Waals surface area contributed by atoms with Gasteiger partial charge < -0.3 is 10.1 Å². The summed E-state index contributed by atoms with van der Waals surface area (Å²) in [4.78, 5) is 0. The number of benzene rings is 1. The van der Waals surface area contributed by atoms with Crippen LogP contribution in [0.1, 0.15) is 44.2 Å². The summed E-state index contributed by atoms with van der Waals surface area (Å²) in [6.07, 6.45) is 5.59. The number of rotatable bonds is 5. The van der Waals surface area contributed by atoms with E-state index < -0.39 is 0 Å². The lowest BCUT2D eigenvalue weighted by atomic mass is 9.92. The topological polar surface area (TPSA) is 21.3 Å². The first-order valence-corrected chi connectivity index (χ1v) is 6.65. The summed E-state index contributed by atoms with van der Waals surface area (Å²) in [7, 11) is 2.06. The highest BCUT2D eigenvalue weighted by Crippen LogP contribution is 2.54. The smallest absolute Gasteiger partial charge is 0.119 e. The van der Waals surface area contributed by atoms with E-state index in [1.807, 2.05) is 0 Å². The highest BCUT2D eigenvalue weighted by Gasteiger charge is 2.44. The molecule has 1 aromatic carbocycles. The summed E-state index contributed by atoms with van der Waals surface area (Å²) in [6.45, 7) is 2.36. The Hall–Kier alpha value is -1.02. The molecule has 2 saturated carbocycles. The molecule has 92 valence electrons. The van der Waals surface area contributed by atoms with Crippen molar-refractivity contribution in [3.63, 3.8) is 0 Å². The van der Waals surface area contributed by atoms with E-state index in [4.69, 9.17) is 4.74 Å². The van der Waals surface area contributed by atoms with Gasteiger partial charge in [-0.25, -0.2) is 0 Å². The molecule has 0 aromatic heterocycles. The molecule has 0 aliphatic heterocycles. The van der Waals surface area contributed by atoms with E-state index in [-0.39, 0.29) is 0 Å². The number of hydrogen-bond donors (Lipinski definition) is 1. The fourth-order valence-electron chi connectivity index (χ4n) is 2.52. The zero-order chi connectivity index (χ0) is 11.9. The van der Waals surface area contributed by atoms with Gasteiger partial charge in [-0.05, 0) is 55.8 Å². The second-order valence-electron chi connectivity index (χ2n) is 5.76. The van der Waals surface area contributed by atoms with Crippen molar-refractivity contribution in [3.05, 3.63) is 29.8 Å². The summed E-state index contributed by atoms with van der Waals surface area (Å²) < 4.78 is 5.77. The zero-order valence-corrected chi connectivity index (χ0v) is 10.7. The molecular weight excluding hydrogens is 210 g/mol. The van der Waals surface area contributed by atoms with Gasteiger partial charge in [-0.1, -0.05) is 19.1 Å². The average molecular weight is 231 g/mol. The van der Waals surface area contributed by atoms with Crippen molar-refractivity contribution in [1.82, 2.24) is 5.32 Å². The van der Waals surface area contributed by atoms with Crippen LogP contribution in [-0.2, 0) is 0 Å². The molecule has 1 atom stereocenters. The molecule has 2 aliphatic rings. The molecule has 0 amide bonds. The molecule has 3 rings (SSSR count). The largest absolute Gasteiger partial charge is 0.490 e. The first kappa shape index (κ1) is 11.1. The number of nitrogens with one attached hydrogen (secondary N) is 1. The van der Waals surface area contributed by atoms with Crippen LogP contribution in [0.5, 0.6) is 5.75 Å². The Labute approximate surface area is 103 Å². The maximum atomic E-state index is 5.77.